The Morgan fingerprint density at radius 3 is 2.81 bits per heavy atom. The Bertz CT molecular complexity index is 930. The molecule has 26 heavy (non-hydrogen) atoms. The van der Waals surface area contributed by atoms with Crippen LogP contribution in [0, 0.1) is 6.92 Å². The van der Waals surface area contributed by atoms with Gasteiger partial charge in [-0.05, 0) is 37.1 Å². The molecule has 1 unspecified atom stereocenters. The number of carbonyl (C=O) groups is 1. The maximum atomic E-state index is 12.3. The van der Waals surface area contributed by atoms with Crippen molar-refractivity contribution in [3.05, 3.63) is 41.7 Å². The summed E-state index contributed by atoms with van der Waals surface area (Å²) in [6.45, 7) is 1.95. The average molecular weight is 376 g/mol. The summed E-state index contributed by atoms with van der Waals surface area (Å²) in [6.07, 6.45) is 1.89. The molecule has 2 heterocycles. The van der Waals surface area contributed by atoms with Gasteiger partial charge >= 0.3 is 0 Å². The van der Waals surface area contributed by atoms with Crippen molar-refractivity contribution in [1.82, 2.24) is 15.3 Å². The molecule has 3 rings (SSSR count). The van der Waals surface area contributed by atoms with Crippen molar-refractivity contribution in [2.75, 3.05) is 23.9 Å². The van der Waals surface area contributed by atoms with E-state index in [9.17, 15) is 13.2 Å². The first-order valence-corrected chi connectivity index (χ1v) is 9.94. The van der Waals surface area contributed by atoms with Gasteiger partial charge in [0.25, 0.3) is 5.91 Å². The van der Waals surface area contributed by atoms with E-state index in [1.807, 2.05) is 25.1 Å². The van der Waals surface area contributed by atoms with Gasteiger partial charge in [-0.2, -0.15) is 0 Å². The maximum Gasteiger partial charge on any atom is 0.270 e. The lowest BCUT2D eigenvalue weighted by molar-refractivity contribution is 0.0936. The van der Waals surface area contributed by atoms with Gasteiger partial charge in [0.1, 0.15) is 11.4 Å². The number of anilines is 2. The predicted molar refractivity (Wildman–Crippen MR) is 97.6 cm³/mol. The molecular formula is C17H20N4O4S. The van der Waals surface area contributed by atoms with Crippen LogP contribution < -0.4 is 15.4 Å². The number of sulfone groups is 1. The number of nitrogens with zero attached hydrogens (tertiary/aromatic N) is 2. The smallest absolute Gasteiger partial charge is 0.270 e. The number of amides is 1. The molecule has 2 N–H and O–H groups in total. The molecule has 0 radical (unpaired) electrons. The van der Waals surface area contributed by atoms with E-state index >= 15 is 0 Å². The Labute approximate surface area is 151 Å². The Kier molecular flexibility index (Phi) is 5.08. The molecule has 1 fully saturated rings. The largest absolute Gasteiger partial charge is 0.495 e. The Hall–Kier alpha value is -2.68. The van der Waals surface area contributed by atoms with Crippen LogP contribution in [-0.4, -0.2) is 49.0 Å². The molecule has 1 aromatic heterocycles. The van der Waals surface area contributed by atoms with Crippen LogP contribution in [0.4, 0.5) is 11.6 Å². The van der Waals surface area contributed by atoms with Gasteiger partial charge in [-0.1, -0.05) is 6.07 Å². The summed E-state index contributed by atoms with van der Waals surface area (Å²) in [6, 6.07) is 6.74. The summed E-state index contributed by atoms with van der Waals surface area (Å²) in [5, 5.41) is 5.76. The van der Waals surface area contributed by atoms with Gasteiger partial charge in [-0.3, -0.25) is 4.79 Å². The number of hydrogen-bond donors (Lipinski definition) is 2. The van der Waals surface area contributed by atoms with Gasteiger partial charge in [-0.25, -0.2) is 18.4 Å². The minimum absolute atomic E-state index is 0.0323. The number of nitrogens with one attached hydrogen (secondary N) is 2. The second-order valence-corrected chi connectivity index (χ2v) is 8.40. The van der Waals surface area contributed by atoms with E-state index in [1.54, 1.807) is 7.11 Å². The first-order valence-electron chi connectivity index (χ1n) is 8.12. The second kappa shape index (κ2) is 7.28. The molecule has 9 heteroatoms. The summed E-state index contributed by atoms with van der Waals surface area (Å²) >= 11 is 0. The molecule has 0 bridgehead atoms. The highest BCUT2D eigenvalue weighted by Gasteiger charge is 2.29. The number of hydrogen-bond acceptors (Lipinski definition) is 7. The van der Waals surface area contributed by atoms with E-state index in [4.69, 9.17) is 4.74 Å². The van der Waals surface area contributed by atoms with Crippen LogP contribution >= 0.6 is 0 Å². The molecule has 1 aromatic carbocycles. The van der Waals surface area contributed by atoms with Crippen molar-refractivity contribution in [1.29, 1.82) is 0 Å². The fourth-order valence-corrected chi connectivity index (χ4v) is 4.43. The Morgan fingerprint density at radius 1 is 1.31 bits per heavy atom. The monoisotopic (exact) mass is 376 g/mol. The van der Waals surface area contributed by atoms with Crippen LogP contribution in [0.25, 0.3) is 0 Å². The number of methoxy groups -OCH3 is 1. The lowest BCUT2D eigenvalue weighted by Crippen LogP contribution is -2.36. The van der Waals surface area contributed by atoms with Crippen LogP contribution in [0.3, 0.4) is 0 Å². The molecule has 1 atom stereocenters. The predicted octanol–water partition coefficient (Wildman–Crippen LogP) is 1.45. The number of rotatable bonds is 5. The fraction of sp³-hybridized carbons (Fsp3) is 0.353. The molecule has 1 aliphatic rings. The van der Waals surface area contributed by atoms with E-state index in [0.717, 1.165) is 5.56 Å². The van der Waals surface area contributed by atoms with E-state index in [0.29, 0.717) is 17.9 Å². The molecule has 0 saturated carbocycles. The molecular weight excluding hydrogens is 356 g/mol. The molecule has 0 spiro atoms. The third-order valence-corrected chi connectivity index (χ3v) is 5.83. The number of benzene rings is 1. The topological polar surface area (TPSA) is 110 Å². The van der Waals surface area contributed by atoms with Crippen molar-refractivity contribution in [3.8, 4) is 5.75 Å². The minimum atomic E-state index is -3.06. The highest BCUT2D eigenvalue weighted by Crippen LogP contribution is 2.27. The first kappa shape index (κ1) is 18.1. The van der Waals surface area contributed by atoms with Crippen LogP contribution in [0.1, 0.15) is 22.5 Å². The molecule has 1 aliphatic heterocycles. The van der Waals surface area contributed by atoms with Crippen molar-refractivity contribution < 1.29 is 17.9 Å². The van der Waals surface area contributed by atoms with Crippen molar-refractivity contribution in [2.45, 2.75) is 19.4 Å². The standard InChI is InChI=1S/C17H20N4O4S/c1-11-3-4-15(25-2)14(9-11)21-17-18-7-5-13(20-17)16(22)19-12-6-8-26(23,24)10-12/h3-5,7,9,12H,6,8,10H2,1-2H3,(H,19,22)(H,18,20,21). The molecule has 0 aliphatic carbocycles. The summed E-state index contributed by atoms with van der Waals surface area (Å²) < 4.78 is 28.3. The van der Waals surface area contributed by atoms with Crippen molar-refractivity contribution in [3.63, 3.8) is 0 Å². The van der Waals surface area contributed by atoms with Gasteiger partial charge in [0.15, 0.2) is 9.84 Å². The number of aryl methyl sites for hydroxylation is 1. The lowest BCUT2D eigenvalue weighted by Gasteiger charge is -2.12. The molecule has 2 aromatic rings. The zero-order chi connectivity index (χ0) is 18.7. The van der Waals surface area contributed by atoms with E-state index < -0.39 is 15.7 Å². The quantitative estimate of drug-likeness (QED) is 0.813. The molecule has 1 amide bonds. The zero-order valence-electron chi connectivity index (χ0n) is 14.5. The normalized spacial score (nSPS) is 18.3. The first-order chi connectivity index (χ1) is 12.4. The van der Waals surface area contributed by atoms with Gasteiger partial charge < -0.3 is 15.4 Å². The highest BCUT2D eigenvalue weighted by atomic mass is 32.2. The van der Waals surface area contributed by atoms with Gasteiger partial charge in [0.2, 0.25) is 5.95 Å². The third kappa shape index (κ3) is 4.29. The highest BCUT2D eigenvalue weighted by molar-refractivity contribution is 7.91. The van der Waals surface area contributed by atoms with Crippen LogP contribution in [0.2, 0.25) is 0 Å². The zero-order valence-corrected chi connectivity index (χ0v) is 15.3. The maximum absolute atomic E-state index is 12.3. The van der Waals surface area contributed by atoms with E-state index in [1.165, 1.54) is 12.3 Å². The average Bonchev–Trinajstić information content (AvgIpc) is 2.94. The van der Waals surface area contributed by atoms with Crippen molar-refractivity contribution >= 4 is 27.4 Å². The Morgan fingerprint density at radius 2 is 2.12 bits per heavy atom. The SMILES string of the molecule is COc1ccc(C)cc1Nc1nccc(C(=O)NC2CCS(=O)(=O)C2)n1. The lowest BCUT2D eigenvalue weighted by atomic mass is 10.2. The van der Waals surface area contributed by atoms with Gasteiger partial charge in [-0.15, -0.1) is 0 Å². The molecule has 1 saturated heterocycles. The third-order valence-electron chi connectivity index (χ3n) is 4.06. The van der Waals surface area contributed by atoms with Gasteiger partial charge in [0.05, 0.1) is 24.3 Å². The number of ether oxygens (including phenoxy) is 1. The van der Waals surface area contributed by atoms with Crippen LogP contribution in [0.5, 0.6) is 5.75 Å². The molecule has 138 valence electrons. The summed E-state index contributed by atoms with van der Waals surface area (Å²) in [7, 11) is -1.49. The van der Waals surface area contributed by atoms with Crippen LogP contribution in [-0.2, 0) is 9.84 Å². The molecule has 8 nitrogen and oxygen atoms in total. The van der Waals surface area contributed by atoms with E-state index in [2.05, 4.69) is 20.6 Å². The van der Waals surface area contributed by atoms with Gasteiger partial charge in [0, 0.05) is 12.2 Å². The summed E-state index contributed by atoms with van der Waals surface area (Å²) in [5.41, 5.74) is 1.88. The van der Waals surface area contributed by atoms with Crippen LogP contribution in [0.15, 0.2) is 30.5 Å². The number of carbonyl (C=O) groups excluding carboxylic acids is 1. The minimum Gasteiger partial charge on any atom is -0.495 e. The fourth-order valence-electron chi connectivity index (χ4n) is 2.75. The van der Waals surface area contributed by atoms with E-state index in [-0.39, 0.29) is 29.2 Å². The summed E-state index contributed by atoms with van der Waals surface area (Å²) in [4.78, 5) is 20.7. The Balaban J connectivity index is 1.74. The summed E-state index contributed by atoms with van der Waals surface area (Å²) in [5.74, 6) is 0.525. The second-order valence-electron chi connectivity index (χ2n) is 6.17. The van der Waals surface area contributed by atoms with Crippen molar-refractivity contribution in [2.24, 2.45) is 0 Å². The number of aromatic nitrogens is 2.